The Balaban J connectivity index is 1.68. The van der Waals surface area contributed by atoms with E-state index >= 15 is 0 Å². The number of sulfonamides is 1. The van der Waals surface area contributed by atoms with Gasteiger partial charge in [-0.1, -0.05) is 30.7 Å². The van der Waals surface area contributed by atoms with Gasteiger partial charge in [-0.3, -0.25) is 0 Å². The van der Waals surface area contributed by atoms with E-state index < -0.39 is 10.0 Å². The van der Waals surface area contributed by atoms with E-state index in [0.29, 0.717) is 0 Å². The summed E-state index contributed by atoms with van der Waals surface area (Å²) >= 11 is 0. The number of fused-ring (bicyclic) bond motifs is 1. The number of hydrogen-bond acceptors (Lipinski definition) is 3. The fraction of sp³-hybridized carbons (Fsp3) is 0.625. The van der Waals surface area contributed by atoms with Crippen LogP contribution in [0, 0.1) is 0 Å². The maximum atomic E-state index is 12.4. The van der Waals surface area contributed by atoms with Crippen LogP contribution in [0.2, 0.25) is 0 Å². The third-order valence-electron chi connectivity index (χ3n) is 4.52. The van der Waals surface area contributed by atoms with Crippen molar-refractivity contribution in [3.8, 4) is 0 Å². The first-order valence-corrected chi connectivity index (χ1v) is 9.60. The molecule has 1 aliphatic carbocycles. The fourth-order valence-electron chi connectivity index (χ4n) is 3.47. The van der Waals surface area contributed by atoms with Crippen LogP contribution in [0.1, 0.15) is 49.3 Å². The number of aryl methyl sites for hydroxylation is 1. The van der Waals surface area contributed by atoms with Gasteiger partial charge in [-0.2, -0.15) is 0 Å². The van der Waals surface area contributed by atoms with Gasteiger partial charge in [-0.15, -0.1) is 0 Å². The highest BCUT2D eigenvalue weighted by Gasteiger charge is 2.27. The van der Waals surface area contributed by atoms with E-state index in [4.69, 9.17) is 0 Å². The van der Waals surface area contributed by atoms with E-state index in [0.717, 1.165) is 50.6 Å². The van der Waals surface area contributed by atoms with Gasteiger partial charge in [0.05, 0.1) is 5.75 Å². The molecule has 2 atom stereocenters. The second-order valence-electron chi connectivity index (χ2n) is 6.19. The summed E-state index contributed by atoms with van der Waals surface area (Å²) in [5.74, 6) is 0.200. The van der Waals surface area contributed by atoms with Crippen LogP contribution in [-0.4, -0.2) is 26.8 Å². The summed E-state index contributed by atoms with van der Waals surface area (Å²) in [6, 6.07) is 8.24. The van der Waals surface area contributed by atoms with Crippen molar-refractivity contribution in [3.63, 3.8) is 0 Å². The van der Waals surface area contributed by atoms with Crippen LogP contribution < -0.4 is 10.0 Å². The Bertz CT molecular complexity index is 580. The molecule has 0 saturated carbocycles. The minimum absolute atomic E-state index is 0.0523. The van der Waals surface area contributed by atoms with Gasteiger partial charge in [0.1, 0.15) is 0 Å². The van der Waals surface area contributed by atoms with Crippen molar-refractivity contribution in [2.45, 2.75) is 50.6 Å². The Morgan fingerprint density at radius 3 is 2.81 bits per heavy atom. The summed E-state index contributed by atoms with van der Waals surface area (Å²) in [4.78, 5) is 0. The summed E-state index contributed by atoms with van der Waals surface area (Å²) in [5, 5.41) is 3.31. The Morgan fingerprint density at radius 2 is 2.00 bits per heavy atom. The lowest BCUT2D eigenvalue weighted by Crippen LogP contribution is -2.43. The molecule has 0 amide bonds. The summed E-state index contributed by atoms with van der Waals surface area (Å²) in [7, 11) is -3.24. The Hall–Kier alpha value is -0.910. The molecule has 0 spiro atoms. The summed E-state index contributed by atoms with van der Waals surface area (Å²) < 4.78 is 27.8. The van der Waals surface area contributed by atoms with Gasteiger partial charge in [-0.25, -0.2) is 13.1 Å². The largest absolute Gasteiger partial charge is 0.313 e. The third kappa shape index (κ3) is 3.84. The SMILES string of the molecule is O=S(=O)(CC1CCCCN1)NC1CCCc2ccccc21. The third-order valence-corrected chi connectivity index (χ3v) is 6.01. The van der Waals surface area contributed by atoms with Crippen molar-refractivity contribution in [2.75, 3.05) is 12.3 Å². The van der Waals surface area contributed by atoms with Crippen molar-refractivity contribution in [1.82, 2.24) is 10.0 Å². The quantitative estimate of drug-likeness (QED) is 0.896. The highest BCUT2D eigenvalue weighted by molar-refractivity contribution is 7.89. The van der Waals surface area contributed by atoms with E-state index in [1.807, 2.05) is 12.1 Å². The zero-order chi connectivity index (χ0) is 14.7. The predicted octanol–water partition coefficient (Wildman–Crippen LogP) is 2.13. The topological polar surface area (TPSA) is 58.2 Å². The first kappa shape index (κ1) is 15.0. The lowest BCUT2D eigenvalue weighted by Gasteiger charge is -2.28. The maximum Gasteiger partial charge on any atom is 0.213 e. The van der Waals surface area contributed by atoms with Crippen LogP contribution in [0.15, 0.2) is 24.3 Å². The first-order valence-electron chi connectivity index (χ1n) is 7.95. The molecule has 1 fully saturated rings. The fourth-order valence-corrected chi connectivity index (χ4v) is 5.06. The highest BCUT2D eigenvalue weighted by atomic mass is 32.2. The van der Waals surface area contributed by atoms with Gasteiger partial charge in [-0.05, 0) is 49.8 Å². The van der Waals surface area contributed by atoms with Crippen molar-refractivity contribution in [1.29, 1.82) is 0 Å². The van der Waals surface area contributed by atoms with E-state index in [1.54, 1.807) is 0 Å². The molecule has 5 heteroatoms. The van der Waals surface area contributed by atoms with Crippen LogP contribution in [0.5, 0.6) is 0 Å². The van der Waals surface area contributed by atoms with Crippen LogP contribution in [0.3, 0.4) is 0 Å². The van der Waals surface area contributed by atoms with Gasteiger partial charge in [0, 0.05) is 12.1 Å². The first-order chi connectivity index (χ1) is 10.1. The van der Waals surface area contributed by atoms with E-state index in [1.165, 1.54) is 5.56 Å². The molecule has 2 N–H and O–H groups in total. The van der Waals surface area contributed by atoms with E-state index in [2.05, 4.69) is 22.2 Å². The molecular formula is C16H24N2O2S. The number of nitrogens with one attached hydrogen (secondary N) is 2. The molecule has 1 aromatic rings. The molecule has 1 heterocycles. The average Bonchev–Trinajstić information content (AvgIpc) is 2.48. The average molecular weight is 308 g/mol. The molecule has 0 radical (unpaired) electrons. The molecule has 116 valence electrons. The second-order valence-corrected chi connectivity index (χ2v) is 7.99. The predicted molar refractivity (Wildman–Crippen MR) is 84.7 cm³/mol. The highest BCUT2D eigenvalue weighted by Crippen LogP contribution is 2.30. The van der Waals surface area contributed by atoms with Crippen LogP contribution in [0.25, 0.3) is 0 Å². The molecule has 2 unspecified atom stereocenters. The van der Waals surface area contributed by atoms with Gasteiger partial charge in [0.2, 0.25) is 10.0 Å². The van der Waals surface area contributed by atoms with Gasteiger partial charge in [0.15, 0.2) is 0 Å². The van der Waals surface area contributed by atoms with Crippen LogP contribution >= 0.6 is 0 Å². The van der Waals surface area contributed by atoms with Gasteiger partial charge in [0.25, 0.3) is 0 Å². The molecule has 1 saturated heterocycles. The molecule has 3 rings (SSSR count). The van der Waals surface area contributed by atoms with Crippen molar-refractivity contribution < 1.29 is 8.42 Å². The second kappa shape index (κ2) is 6.46. The molecule has 4 nitrogen and oxygen atoms in total. The summed E-state index contributed by atoms with van der Waals surface area (Å²) in [5.41, 5.74) is 2.44. The zero-order valence-electron chi connectivity index (χ0n) is 12.3. The standard InChI is InChI=1S/C16H24N2O2S/c19-21(20,12-14-8-3-4-11-17-14)18-16-10-5-7-13-6-1-2-9-15(13)16/h1-2,6,9,14,16-18H,3-5,7-8,10-12H2. The Kier molecular flexibility index (Phi) is 4.62. The normalized spacial score (nSPS) is 26.3. The molecule has 1 aromatic carbocycles. The molecular weight excluding hydrogens is 284 g/mol. The zero-order valence-corrected chi connectivity index (χ0v) is 13.2. The van der Waals surface area contributed by atoms with Gasteiger partial charge >= 0.3 is 0 Å². The van der Waals surface area contributed by atoms with E-state index in [-0.39, 0.29) is 17.8 Å². The van der Waals surface area contributed by atoms with Crippen molar-refractivity contribution in [3.05, 3.63) is 35.4 Å². The monoisotopic (exact) mass is 308 g/mol. The minimum Gasteiger partial charge on any atom is -0.313 e. The number of piperidine rings is 1. The molecule has 0 aromatic heterocycles. The minimum atomic E-state index is -3.24. The maximum absolute atomic E-state index is 12.4. The molecule has 21 heavy (non-hydrogen) atoms. The lowest BCUT2D eigenvalue weighted by molar-refractivity contribution is 0.420. The smallest absolute Gasteiger partial charge is 0.213 e. The molecule has 2 aliphatic rings. The molecule has 0 bridgehead atoms. The van der Waals surface area contributed by atoms with Gasteiger partial charge < -0.3 is 5.32 Å². The van der Waals surface area contributed by atoms with Crippen molar-refractivity contribution >= 4 is 10.0 Å². The lowest BCUT2D eigenvalue weighted by atomic mass is 9.88. The summed E-state index contributed by atoms with van der Waals surface area (Å²) in [6.07, 6.45) is 6.24. The van der Waals surface area contributed by atoms with Crippen molar-refractivity contribution in [2.24, 2.45) is 0 Å². The number of rotatable bonds is 4. The van der Waals surface area contributed by atoms with E-state index in [9.17, 15) is 8.42 Å². The van der Waals surface area contributed by atoms with Crippen LogP contribution in [0.4, 0.5) is 0 Å². The number of benzene rings is 1. The number of hydrogen-bond donors (Lipinski definition) is 2. The molecule has 1 aliphatic heterocycles. The van der Waals surface area contributed by atoms with Crippen LogP contribution in [-0.2, 0) is 16.4 Å². The summed E-state index contributed by atoms with van der Waals surface area (Å²) in [6.45, 7) is 0.937. The Morgan fingerprint density at radius 1 is 1.14 bits per heavy atom. The Labute approximate surface area is 127 Å².